The highest BCUT2D eigenvalue weighted by Gasteiger charge is 2.32. The van der Waals surface area contributed by atoms with Gasteiger partial charge in [0.05, 0.1) is 15.6 Å². The van der Waals surface area contributed by atoms with Crippen molar-refractivity contribution < 1.29 is 22.4 Å². The second-order valence-electron chi connectivity index (χ2n) is 8.90. The van der Waals surface area contributed by atoms with E-state index in [-0.39, 0.29) is 28.1 Å². The lowest BCUT2D eigenvalue weighted by atomic mass is 10.1. The lowest BCUT2D eigenvalue weighted by molar-refractivity contribution is -0.139. The van der Waals surface area contributed by atoms with Crippen molar-refractivity contribution in [1.82, 2.24) is 10.2 Å². The number of carbonyl (C=O) groups is 2. The summed E-state index contributed by atoms with van der Waals surface area (Å²) in [5.74, 6) is -1.68. The maximum absolute atomic E-state index is 13.9. The van der Waals surface area contributed by atoms with Crippen LogP contribution in [-0.2, 0) is 26.2 Å². The van der Waals surface area contributed by atoms with Crippen molar-refractivity contribution in [1.29, 1.82) is 0 Å². The summed E-state index contributed by atoms with van der Waals surface area (Å²) in [7, 11) is -4.25. The topological polar surface area (TPSA) is 86.8 Å². The molecule has 3 aromatic rings. The second kappa shape index (κ2) is 12.9. The van der Waals surface area contributed by atoms with E-state index in [9.17, 15) is 22.4 Å². The molecule has 0 heterocycles. The number of nitrogens with one attached hydrogen (secondary N) is 1. The standard InChI is InChI=1S/C28H31ClFN3O4S/c1-4-15-31-28(35)21(3)32(18-22-10-8-9-20(2)16-22)27(34)19-33(23-13-14-26(30)25(29)17-23)38(36,37)24-11-6-5-7-12-24/h5-14,16-17,21H,4,15,18-19H2,1-3H3,(H,31,35)/t21-/m0/s1. The van der Waals surface area contributed by atoms with Crippen LogP contribution in [-0.4, -0.2) is 44.3 Å². The van der Waals surface area contributed by atoms with Crippen molar-refractivity contribution in [3.05, 3.63) is 94.8 Å². The molecule has 1 atom stereocenters. The Bertz CT molecular complexity index is 1390. The van der Waals surface area contributed by atoms with Crippen LogP contribution in [0.2, 0.25) is 5.02 Å². The Morgan fingerprint density at radius 3 is 2.37 bits per heavy atom. The van der Waals surface area contributed by atoms with Crippen LogP contribution in [0.5, 0.6) is 0 Å². The number of aryl methyl sites for hydroxylation is 1. The molecule has 0 radical (unpaired) electrons. The van der Waals surface area contributed by atoms with Crippen molar-refractivity contribution >= 4 is 39.1 Å². The van der Waals surface area contributed by atoms with Crippen LogP contribution in [0.3, 0.4) is 0 Å². The molecule has 38 heavy (non-hydrogen) atoms. The number of rotatable bonds is 11. The van der Waals surface area contributed by atoms with Crippen LogP contribution in [0, 0.1) is 12.7 Å². The van der Waals surface area contributed by atoms with Crippen LogP contribution in [0.15, 0.2) is 77.7 Å². The summed E-state index contributed by atoms with van der Waals surface area (Å²) >= 11 is 5.97. The van der Waals surface area contributed by atoms with Crippen LogP contribution in [0.4, 0.5) is 10.1 Å². The normalized spacial score (nSPS) is 12.0. The van der Waals surface area contributed by atoms with Crippen LogP contribution < -0.4 is 9.62 Å². The van der Waals surface area contributed by atoms with E-state index in [4.69, 9.17) is 11.6 Å². The minimum Gasteiger partial charge on any atom is -0.354 e. The number of amides is 2. The second-order valence-corrected chi connectivity index (χ2v) is 11.2. The molecule has 2 amide bonds. The van der Waals surface area contributed by atoms with E-state index < -0.39 is 34.3 Å². The van der Waals surface area contributed by atoms with Gasteiger partial charge in [0.1, 0.15) is 18.4 Å². The van der Waals surface area contributed by atoms with Crippen molar-refractivity contribution in [2.24, 2.45) is 0 Å². The average molecular weight is 560 g/mol. The van der Waals surface area contributed by atoms with Gasteiger partial charge < -0.3 is 10.2 Å². The van der Waals surface area contributed by atoms with Gasteiger partial charge in [-0.25, -0.2) is 12.8 Å². The molecular formula is C28H31ClFN3O4S. The van der Waals surface area contributed by atoms with Gasteiger partial charge in [0.2, 0.25) is 11.8 Å². The van der Waals surface area contributed by atoms with Crippen molar-refractivity contribution in [3.8, 4) is 0 Å². The molecule has 0 aliphatic carbocycles. The first kappa shape index (κ1) is 29.1. The van der Waals surface area contributed by atoms with Crippen molar-refractivity contribution in [2.75, 3.05) is 17.4 Å². The molecule has 0 saturated carbocycles. The Morgan fingerprint density at radius 1 is 1.03 bits per heavy atom. The van der Waals surface area contributed by atoms with Gasteiger partial charge >= 0.3 is 0 Å². The SMILES string of the molecule is CCCNC(=O)[C@H](C)N(Cc1cccc(C)c1)C(=O)CN(c1ccc(F)c(Cl)c1)S(=O)(=O)c1ccccc1. The molecule has 0 bridgehead atoms. The zero-order chi connectivity index (χ0) is 27.9. The van der Waals surface area contributed by atoms with Gasteiger partial charge in [-0.3, -0.25) is 13.9 Å². The first-order valence-electron chi connectivity index (χ1n) is 12.2. The number of nitrogens with zero attached hydrogens (tertiary/aromatic N) is 2. The largest absolute Gasteiger partial charge is 0.354 e. The molecule has 7 nitrogen and oxygen atoms in total. The van der Waals surface area contributed by atoms with Gasteiger partial charge in [-0.2, -0.15) is 0 Å². The van der Waals surface area contributed by atoms with Gasteiger partial charge in [-0.15, -0.1) is 0 Å². The molecule has 10 heteroatoms. The summed E-state index contributed by atoms with van der Waals surface area (Å²) in [5, 5.41) is 2.51. The third kappa shape index (κ3) is 7.11. The highest BCUT2D eigenvalue weighted by molar-refractivity contribution is 7.92. The van der Waals surface area contributed by atoms with Crippen LogP contribution >= 0.6 is 11.6 Å². The molecule has 0 fully saturated rings. The molecule has 3 rings (SSSR count). The number of hydrogen-bond acceptors (Lipinski definition) is 4. The van der Waals surface area contributed by atoms with Crippen LogP contribution in [0.25, 0.3) is 0 Å². The molecule has 1 N–H and O–H groups in total. The van der Waals surface area contributed by atoms with Crippen LogP contribution in [0.1, 0.15) is 31.4 Å². The van der Waals surface area contributed by atoms with E-state index in [0.29, 0.717) is 6.54 Å². The van der Waals surface area contributed by atoms with Gasteiger partial charge in [-0.1, -0.05) is 66.6 Å². The van der Waals surface area contributed by atoms with Crippen molar-refractivity contribution in [2.45, 2.75) is 44.7 Å². The predicted molar refractivity (Wildman–Crippen MR) is 147 cm³/mol. The monoisotopic (exact) mass is 559 g/mol. The maximum Gasteiger partial charge on any atom is 0.264 e. The number of halogens is 2. The fourth-order valence-electron chi connectivity index (χ4n) is 3.87. The van der Waals surface area contributed by atoms with Crippen molar-refractivity contribution in [3.63, 3.8) is 0 Å². The smallest absolute Gasteiger partial charge is 0.264 e. The molecule has 0 spiro atoms. The van der Waals surface area contributed by atoms with E-state index in [0.717, 1.165) is 34.0 Å². The summed E-state index contributed by atoms with van der Waals surface area (Å²) in [6.07, 6.45) is 0.721. The molecule has 0 unspecified atom stereocenters. The predicted octanol–water partition coefficient (Wildman–Crippen LogP) is 4.93. The minimum atomic E-state index is -4.25. The Balaban J connectivity index is 2.03. The van der Waals surface area contributed by atoms with E-state index in [1.165, 1.54) is 23.1 Å². The first-order valence-corrected chi connectivity index (χ1v) is 14.0. The maximum atomic E-state index is 13.9. The summed E-state index contributed by atoms with van der Waals surface area (Å²) < 4.78 is 42.2. The summed E-state index contributed by atoms with van der Waals surface area (Å²) in [4.78, 5) is 28.0. The lowest BCUT2D eigenvalue weighted by Gasteiger charge is -2.32. The summed E-state index contributed by atoms with van der Waals surface area (Å²) in [5.41, 5.74) is 1.79. The molecule has 0 saturated heterocycles. The number of benzene rings is 3. The molecule has 202 valence electrons. The highest BCUT2D eigenvalue weighted by atomic mass is 35.5. The quantitative estimate of drug-likeness (QED) is 0.361. The Kier molecular flexibility index (Phi) is 9.88. The van der Waals surface area contributed by atoms with Gasteiger partial charge in [-0.05, 0) is 56.2 Å². The number of hydrogen-bond donors (Lipinski definition) is 1. The fourth-order valence-corrected chi connectivity index (χ4v) is 5.48. The average Bonchev–Trinajstić information content (AvgIpc) is 2.90. The Labute approximate surface area is 228 Å². The Hall–Kier alpha value is -3.43. The van der Waals surface area contributed by atoms with E-state index in [1.807, 2.05) is 38.1 Å². The summed E-state index contributed by atoms with van der Waals surface area (Å²) in [6, 6.07) is 17.7. The minimum absolute atomic E-state index is 0.0206. The number of anilines is 1. The third-order valence-electron chi connectivity index (χ3n) is 5.95. The molecular weight excluding hydrogens is 529 g/mol. The zero-order valence-corrected chi connectivity index (χ0v) is 23.1. The van der Waals surface area contributed by atoms with E-state index in [2.05, 4.69) is 5.32 Å². The third-order valence-corrected chi connectivity index (χ3v) is 8.03. The molecule has 0 aromatic heterocycles. The molecule has 0 aliphatic heterocycles. The molecule has 0 aliphatic rings. The number of carbonyl (C=O) groups excluding carboxylic acids is 2. The number of sulfonamides is 1. The molecule has 3 aromatic carbocycles. The summed E-state index contributed by atoms with van der Waals surface area (Å²) in [6.45, 7) is 5.34. The van der Waals surface area contributed by atoms with Gasteiger partial charge in [0.15, 0.2) is 0 Å². The zero-order valence-electron chi connectivity index (χ0n) is 21.5. The van der Waals surface area contributed by atoms with Gasteiger partial charge in [0.25, 0.3) is 10.0 Å². The highest BCUT2D eigenvalue weighted by Crippen LogP contribution is 2.28. The van der Waals surface area contributed by atoms with E-state index >= 15 is 0 Å². The fraction of sp³-hybridized carbons (Fsp3) is 0.286. The Morgan fingerprint density at radius 2 is 1.74 bits per heavy atom. The van der Waals surface area contributed by atoms with E-state index in [1.54, 1.807) is 25.1 Å². The first-order chi connectivity index (χ1) is 18.0. The lowest BCUT2D eigenvalue weighted by Crippen LogP contribution is -2.51. The van der Waals surface area contributed by atoms with Gasteiger partial charge in [0, 0.05) is 13.1 Å².